The van der Waals surface area contributed by atoms with Crippen LogP contribution in [-0.2, 0) is 21.7 Å². The van der Waals surface area contributed by atoms with E-state index in [1.165, 1.54) is 99.3 Å². The summed E-state index contributed by atoms with van der Waals surface area (Å²) < 4.78 is 24.1. The summed E-state index contributed by atoms with van der Waals surface area (Å²) in [5, 5.41) is 0. The van der Waals surface area contributed by atoms with Crippen LogP contribution in [0.2, 0.25) is 0 Å². The van der Waals surface area contributed by atoms with Crippen LogP contribution in [0.25, 0.3) is 0 Å². The lowest BCUT2D eigenvalue weighted by Crippen LogP contribution is -2.55. The Balaban J connectivity index is 0.818. The highest BCUT2D eigenvalue weighted by molar-refractivity contribution is 5.43. The van der Waals surface area contributed by atoms with Crippen LogP contribution in [0.4, 0.5) is 0 Å². The third kappa shape index (κ3) is 7.00. The van der Waals surface area contributed by atoms with E-state index in [0.29, 0.717) is 26.4 Å². The molecule has 60 heavy (non-hydrogen) atoms. The van der Waals surface area contributed by atoms with Crippen LogP contribution in [0.1, 0.15) is 99.3 Å². The monoisotopic (exact) mass is 788 g/mol. The first-order chi connectivity index (χ1) is 29.5. The van der Waals surface area contributed by atoms with Gasteiger partial charge in [0.15, 0.2) is 0 Å². The molecule has 0 radical (unpaired) electrons. The molecule has 15 aliphatic rings. The minimum Gasteiger partial charge on any atom is -0.481 e. The van der Waals surface area contributed by atoms with Gasteiger partial charge in [0.2, 0.25) is 0 Å². The van der Waals surface area contributed by atoms with Crippen LogP contribution >= 0.6 is 0 Å². The van der Waals surface area contributed by atoms with Gasteiger partial charge >= 0.3 is 0 Å². The molecule has 8 fully saturated rings. The molecule has 0 N–H and O–H groups in total. The first-order valence-electron chi connectivity index (χ1n) is 22.3. The maximum atomic E-state index is 6.04. The van der Waals surface area contributed by atoms with Crippen molar-refractivity contribution in [2.24, 2.45) is 23.7 Å². The average molecular weight is 789 g/mol. The first-order valence-corrected chi connectivity index (χ1v) is 22.3. The third-order valence-corrected chi connectivity index (χ3v) is 15.7. The zero-order chi connectivity index (χ0) is 40.0. The van der Waals surface area contributed by atoms with E-state index >= 15 is 0 Å². The average Bonchev–Trinajstić information content (AvgIpc) is 3.25. The topological polar surface area (TPSA) is 36.9 Å². The van der Waals surface area contributed by atoms with E-state index in [2.05, 4.69) is 144 Å². The van der Waals surface area contributed by atoms with Gasteiger partial charge in [-0.15, -0.1) is 0 Å². The molecule has 0 saturated heterocycles. The van der Waals surface area contributed by atoms with Crippen LogP contribution < -0.4 is 18.9 Å². The second-order valence-corrected chi connectivity index (χ2v) is 19.5. The normalized spacial score (nSPS) is 33.1. The fourth-order valence-corrected chi connectivity index (χ4v) is 14.3. The Kier molecular flexibility index (Phi) is 9.39. The molecule has 0 unspecified atom stereocenters. The molecular weight excluding hydrogens is 737 g/mol. The summed E-state index contributed by atoms with van der Waals surface area (Å²) in [6.45, 7) is 1.22. The largest absolute Gasteiger partial charge is 0.481 e. The predicted molar refractivity (Wildman–Crippen MR) is 235 cm³/mol. The van der Waals surface area contributed by atoms with Crippen LogP contribution in [0.15, 0.2) is 97.1 Å². The van der Waals surface area contributed by atoms with Crippen molar-refractivity contribution in [2.75, 3.05) is 26.4 Å². The molecule has 4 spiro atoms. The van der Waals surface area contributed by atoms with Crippen LogP contribution in [0.3, 0.4) is 0 Å². The second kappa shape index (κ2) is 15.1. The van der Waals surface area contributed by atoms with Crippen molar-refractivity contribution < 1.29 is 18.9 Å². The van der Waals surface area contributed by atoms with E-state index in [0.717, 1.165) is 46.7 Å². The molecular formula is C56H52O4. The summed E-state index contributed by atoms with van der Waals surface area (Å²) in [4.78, 5) is 0. The fraction of sp³-hybridized carbons (Fsp3) is 0.429. The molecule has 4 nitrogen and oxygen atoms in total. The maximum absolute atomic E-state index is 6.04. The lowest BCUT2D eigenvalue weighted by atomic mass is 9.42. The summed E-state index contributed by atoms with van der Waals surface area (Å²) in [6, 6.07) is 35.6. The van der Waals surface area contributed by atoms with Gasteiger partial charge in [-0.25, -0.2) is 0 Å². The molecule has 7 heterocycles. The molecule has 8 aliphatic carbocycles. The highest BCUT2D eigenvalue weighted by atomic mass is 16.5. The number of ether oxygens (including phenoxy) is 4. The smallest absolute Gasteiger partial charge is 0.150 e. The van der Waals surface area contributed by atoms with Gasteiger partial charge < -0.3 is 18.9 Å². The summed E-state index contributed by atoms with van der Waals surface area (Å²) >= 11 is 0. The Morgan fingerprint density at radius 3 is 0.750 bits per heavy atom. The lowest BCUT2D eigenvalue weighted by molar-refractivity contribution is -0.0283. The molecule has 0 aromatic heterocycles. The Hall–Kier alpha value is -5.68. The Labute approximate surface area is 356 Å². The van der Waals surface area contributed by atoms with Crippen molar-refractivity contribution in [3.8, 4) is 70.4 Å². The standard InChI is InChI=1S/C56H52O4/c1-2-6-26-58-50-19-11-46(12-20-50)54-33-43-30-44(34-54)38-56(37-43,40-54)48-15-23-52(24-16-48)60-28-8-4-3-7-27-59-51-21-13-47(14-22-51)55-35-41-29-42(36-55)32-53(31-41,39-55)45-9-17-49(18-10-45)57-25-5-1/h9-24,41-44H,25-40H2. The van der Waals surface area contributed by atoms with E-state index < -0.39 is 0 Å². The van der Waals surface area contributed by atoms with Crippen molar-refractivity contribution in [3.63, 3.8) is 0 Å². The van der Waals surface area contributed by atoms with Crippen molar-refractivity contribution in [3.05, 3.63) is 119 Å². The Morgan fingerprint density at radius 2 is 0.533 bits per heavy atom. The Bertz CT molecular complexity index is 2120. The van der Waals surface area contributed by atoms with E-state index in [-0.39, 0.29) is 21.7 Å². The van der Waals surface area contributed by atoms with Crippen LogP contribution in [0.5, 0.6) is 23.0 Å². The van der Waals surface area contributed by atoms with Crippen molar-refractivity contribution >= 4 is 0 Å². The SMILES string of the molecule is C1#CCOc2ccc(cc2)C23CC4CC(C2)CC(C4)(C3)c2ccc(cc2)OCC#CC#CCOc2ccc(cc2)C23CC4CC(CC(C4)(C2)c2ccc(cc2)OCC#C1)C3. The van der Waals surface area contributed by atoms with Gasteiger partial charge in [-0.1, -0.05) is 48.5 Å². The molecule has 4 aromatic rings. The molecule has 4 aromatic carbocycles. The molecule has 0 amide bonds. The third-order valence-electron chi connectivity index (χ3n) is 15.7. The van der Waals surface area contributed by atoms with E-state index in [1.54, 1.807) is 0 Å². The van der Waals surface area contributed by atoms with Gasteiger partial charge in [0.1, 0.15) is 49.4 Å². The van der Waals surface area contributed by atoms with Crippen LogP contribution in [-0.4, -0.2) is 26.4 Å². The molecule has 19 rings (SSSR count). The van der Waals surface area contributed by atoms with Gasteiger partial charge in [-0.05, 0) is 241 Å². The van der Waals surface area contributed by atoms with Gasteiger partial charge in [-0.3, -0.25) is 0 Å². The van der Waals surface area contributed by atoms with Gasteiger partial charge in [0.25, 0.3) is 0 Å². The lowest BCUT2D eigenvalue weighted by Gasteiger charge is -2.63. The molecule has 16 bridgehead atoms. The second-order valence-electron chi connectivity index (χ2n) is 19.5. The van der Waals surface area contributed by atoms with Crippen LogP contribution in [0, 0.1) is 71.0 Å². The van der Waals surface area contributed by atoms with Crippen molar-refractivity contribution in [1.29, 1.82) is 0 Å². The number of benzene rings is 4. The molecule has 8 saturated carbocycles. The maximum Gasteiger partial charge on any atom is 0.150 e. The highest BCUT2D eigenvalue weighted by Crippen LogP contribution is 2.67. The van der Waals surface area contributed by atoms with E-state index in [1.807, 2.05) is 0 Å². The zero-order valence-electron chi connectivity index (χ0n) is 34.5. The molecule has 300 valence electrons. The van der Waals surface area contributed by atoms with E-state index in [4.69, 9.17) is 18.9 Å². The number of hydrogen-bond acceptors (Lipinski definition) is 4. The van der Waals surface area contributed by atoms with Gasteiger partial charge in [0, 0.05) is 0 Å². The minimum atomic E-state index is 0.218. The summed E-state index contributed by atoms with van der Waals surface area (Å²) in [7, 11) is 0. The first kappa shape index (κ1) is 37.3. The predicted octanol–water partition coefficient (Wildman–Crippen LogP) is 10.5. The molecule has 4 heteroatoms. The molecule has 7 aliphatic heterocycles. The molecule has 0 atom stereocenters. The Morgan fingerprint density at radius 1 is 0.317 bits per heavy atom. The number of hydrogen-bond donors (Lipinski definition) is 0. The van der Waals surface area contributed by atoms with Crippen molar-refractivity contribution in [2.45, 2.75) is 98.7 Å². The van der Waals surface area contributed by atoms with E-state index in [9.17, 15) is 0 Å². The fourth-order valence-electron chi connectivity index (χ4n) is 14.3. The summed E-state index contributed by atoms with van der Waals surface area (Å²) in [6.07, 6.45) is 15.4. The quantitative estimate of drug-likeness (QED) is 0.166. The van der Waals surface area contributed by atoms with Crippen molar-refractivity contribution in [1.82, 2.24) is 0 Å². The minimum absolute atomic E-state index is 0.218. The zero-order valence-corrected chi connectivity index (χ0v) is 34.5. The van der Waals surface area contributed by atoms with Gasteiger partial charge in [0.05, 0.1) is 0 Å². The number of rotatable bonds is 0. The summed E-state index contributed by atoms with van der Waals surface area (Å²) in [5.41, 5.74) is 6.71. The highest BCUT2D eigenvalue weighted by Gasteiger charge is 2.60. The summed E-state index contributed by atoms with van der Waals surface area (Å²) in [5.74, 6) is 30.5. The van der Waals surface area contributed by atoms with Gasteiger partial charge in [-0.2, -0.15) is 0 Å².